The number of non-ortho nitro benzene ring substituents is 1. The molecule has 3 aromatic carbocycles. The fourth-order valence-electron chi connectivity index (χ4n) is 5.30. The number of methoxy groups -OCH3 is 1. The van der Waals surface area contributed by atoms with Crippen molar-refractivity contribution >= 4 is 39.2 Å². The van der Waals surface area contributed by atoms with Gasteiger partial charge in [-0.25, -0.2) is 4.79 Å². The van der Waals surface area contributed by atoms with E-state index in [0.717, 1.165) is 59.6 Å². The minimum atomic E-state index is -0.535. The molecule has 4 aromatic rings. The summed E-state index contributed by atoms with van der Waals surface area (Å²) in [5.74, 6) is 0.633. The Kier molecular flexibility index (Phi) is 10.3. The van der Waals surface area contributed by atoms with E-state index in [2.05, 4.69) is 23.6 Å². The molecule has 0 N–H and O–H groups in total. The average Bonchev–Trinajstić information content (AvgIpc) is 3.28. The van der Waals surface area contributed by atoms with Crippen molar-refractivity contribution in [2.75, 3.05) is 13.7 Å². The van der Waals surface area contributed by atoms with Crippen LogP contribution in [0.25, 0.3) is 21.8 Å². The molecule has 0 bridgehead atoms. The van der Waals surface area contributed by atoms with E-state index in [9.17, 15) is 14.9 Å². The molecule has 222 valence electrons. The molecule has 0 saturated carbocycles. The van der Waals surface area contributed by atoms with Gasteiger partial charge in [0.1, 0.15) is 17.6 Å². The molecule has 2 unspecified atom stereocenters. The minimum absolute atomic E-state index is 0.0390. The molecule has 4 rings (SSSR count). The van der Waals surface area contributed by atoms with E-state index >= 15 is 0 Å². The maximum atomic E-state index is 11.7. The number of ether oxygens (including phenoxy) is 2. The lowest BCUT2D eigenvalue weighted by Gasteiger charge is -2.17. The number of oxime groups is 1. The number of carbonyl (C=O) groups excluding carboxylic acids is 1. The topological polar surface area (TPSA) is 105 Å². The Labute approximate surface area is 246 Å². The van der Waals surface area contributed by atoms with E-state index in [1.165, 1.54) is 6.92 Å². The van der Waals surface area contributed by atoms with Gasteiger partial charge in [0.15, 0.2) is 0 Å². The van der Waals surface area contributed by atoms with Crippen molar-refractivity contribution in [3.63, 3.8) is 0 Å². The van der Waals surface area contributed by atoms with Crippen LogP contribution in [-0.4, -0.2) is 41.0 Å². The number of fused-ring (bicyclic) bond motifs is 3. The zero-order valence-electron chi connectivity index (χ0n) is 25.0. The SMILES string of the molecule is CCCCC(CC)Cn1c2ccc(C(=NOC(C)=O)c3ccc(OC(C)COC)cc3)cc2c2cc([N+](=O)[O-])ccc21. The van der Waals surface area contributed by atoms with Gasteiger partial charge in [-0.3, -0.25) is 10.1 Å². The molecule has 42 heavy (non-hydrogen) atoms. The molecular weight excluding hydrogens is 534 g/mol. The predicted molar refractivity (Wildman–Crippen MR) is 165 cm³/mol. The summed E-state index contributed by atoms with van der Waals surface area (Å²) in [6, 6.07) is 18.4. The van der Waals surface area contributed by atoms with Gasteiger partial charge in [0, 0.05) is 65.6 Å². The summed E-state index contributed by atoms with van der Waals surface area (Å²) in [7, 11) is 1.63. The van der Waals surface area contributed by atoms with Crippen molar-refractivity contribution in [1.82, 2.24) is 4.57 Å². The first-order valence-electron chi connectivity index (χ1n) is 14.5. The highest BCUT2D eigenvalue weighted by Gasteiger charge is 2.19. The van der Waals surface area contributed by atoms with Crippen LogP contribution in [0.4, 0.5) is 5.69 Å². The normalized spacial score (nSPS) is 13.3. The summed E-state index contributed by atoms with van der Waals surface area (Å²) >= 11 is 0. The number of rotatable bonds is 14. The first kappa shape index (κ1) is 30.7. The highest BCUT2D eigenvalue weighted by Crippen LogP contribution is 2.34. The highest BCUT2D eigenvalue weighted by atomic mass is 16.7. The lowest BCUT2D eigenvalue weighted by atomic mass is 9.99. The molecule has 0 spiro atoms. The maximum Gasteiger partial charge on any atom is 0.332 e. The van der Waals surface area contributed by atoms with E-state index in [0.29, 0.717) is 29.5 Å². The van der Waals surface area contributed by atoms with Gasteiger partial charge in [0.05, 0.1) is 11.5 Å². The van der Waals surface area contributed by atoms with Crippen LogP contribution in [0.3, 0.4) is 0 Å². The summed E-state index contributed by atoms with van der Waals surface area (Å²) in [5.41, 5.74) is 3.89. The Morgan fingerprint density at radius 1 is 1.00 bits per heavy atom. The largest absolute Gasteiger partial charge is 0.488 e. The zero-order valence-corrected chi connectivity index (χ0v) is 25.0. The Hall–Kier alpha value is -4.24. The third-order valence-corrected chi connectivity index (χ3v) is 7.45. The van der Waals surface area contributed by atoms with Gasteiger partial charge in [-0.15, -0.1) is 0 Å². The second kappa shape index (κ2) is 14.1. The van der Waals surface area contributed by atoms with Gasteiger partial charge in [-0.05, 0) is 61.7 Å². The number of nitro groups is 1. The first-order valence-corrected chi connectivity index (χ1v) is 14.5. The van der Waals surface area contributed by atoms with E-state index in [4.69, 9.17) is 14.3 Å². The van der Waals surface area contributed by atoms with Crippen molar-refractivity contribution in [2.24, 2.45) is 11.1 Å². The van der Waals surface area contributed by atoms with Crippen LogP contribution >= 0.6 is 0 Å². The summed E-state index contributed by atoms with van der Waals surface area (Å²) in [4.78, 5) is 28.1. The fraction of sp³-hybridized carbons (Fsp3) is 0.394. The Balaban J connectivity index is 1.83. The Morgan fingerprint density at radius 3 is 2.29 bits per heavy atom. The van der Waals surface area contributed by atoms with Crippen molar-refractivity contribution in [1.29, 1.82) is 0 Å². The number of hydrogen-bond acceptors (Lipinski definition) is 7. The van der Waals surface area contributed by atoms with E-state index in [1.807, 2.05) is 55.5 Å². The number of aromatic nitrogens is 1. The van der Waals surface area contributed by atoms with Gasteiger partial charge in [0.25, 0.3) is 5.69 Å². The maximum absolute atomic E-state index is 11.7. The van der Waals surface area contributed by atoms with E-state index in [1.54, 1.807) is 19.2 Å². The molecule has 1 aromatic heterocycles. The quantitative estimate of drug-likeness (QED) is 0.0664. The monoisotopic (exact) mass is 573 g/mol. The summed E-state index contributed by atoms with van der Waals surface area (Å²) in [6.45, 7) is 8.92. The molecule has 0 radical (unpaired) electrons. The van der Waals surface area contributed by atoms with Gasteiger partial charge in [0.2, 0.25) is 0 Å². The number of nitrogens with zero attached hydrogens (tertiary/aromatic N) is 3. The lowest BCUT2D eigenvalue weighted by Crippen LogP contribution is -2.17. The van der Waals surface area contributed by atoms with Crippen LogP contribution in [0.15, 0.2) is 65.8 Å². The Bertz CT molecular complexity index is 1570. The summed E-state index contributed by atoms with van der Waals surface area (Å²) in [5, 5.41) is 17.6. The average molecular weight is 574 g/mol. The van der Waals surface area contributed by atoms with Crippen LogP contribution < -0.4 is 4.74 Å². The molecule has 1 heterocycles. The van der Waals surface area contributed by atoms with Crippen LogP contribution in [0.5, 0.6) is 5.75 Å². The molecule has 0 saturated heterocycles. The molecule has 9 nitrogen and oxygen atoms in total. The lowest BCUT2D eigenvalue weighted by molar-refractivity contribution is -0.384. The Morgan fingerprint density at radius 2 is 1.67 bits per heavy atom. The molecule has 2 atom stereocenters. The second-order valence-electron chi connectivity index (χ2n) is 10.6. The number of benzene rings is 3. The predicted octanol–water partition coefficient (Wildman–Crippen LogP) is 7.65. The molecule has 0 amide bonds. The van der Waals surface area contributed by atoms with Crippen molar-refractivity contribution in [2.45, 2.75) is 66.0 Å². The van der Waals surface area contributed by atoms with Crippen LogP contribution in [0.1, 0.15) is 64.5 Å². The minimum Gasteiger partial charge on any atom is -0.488 e. The van der Waals surface area contributed by atoms with Gasteiger partial charge in [-0.2, -0.15) is 0 Å². The molecule has 0 aliphatic rings. The molecule has 0 aliphatic carbocycles. The molecule has 0 fully saturated rings. The van der Waals surface area contributed by atoms with Gasteiger partial charge < -0.3 is 18.9 Å². The van der Waals surface area contributed by atoms with Gasteiger partial charge in [-0.1, -0.05) is 44.3 Å². The number of unbranched alkanes of at least 4 members (excludes halogenated alkanes) is 1. The molecule has 0 aliphatic heterocycles. The summed E-state index contributed by atoms with van der Waals surface area (Å²) in [6.07, 6.45) is 4.37. The third kappa shape index (κ3) is 7.15. The standard InChI is InChI=1S/C33H39N3O6/c1-6-8-9-24(7-2)20-35-31-16-12-26(18-29(31)30-19-27(36(38)39)13-17-32(30)35)33(34-42-23(4)37)25-10-14-28(15-11-25)41-22(3)21-40-5/h10-19,22,24H,6-9,20-21H2,1-5H3. The van der Waals surface area contributed by atoms with Crippen molar-refractivity contribution < 1.29 is 24.0 Å². The van der Waals surface area contributed by atoms with Gasteiger partial charge >= 0.3 is 5.97 Å². The van der Waals surface area contributed by atoms with Crippen molar-refractivity contribution in [3.05, 3.63) is 81.9 Å². The number of nitro benzene ring substituents is 1. The van der Waals surface area contributed by atoms with Crippen LogP contribution in [-0.2, 0) is 20.9 Å². The van der Waals surface area contributed by atoms with Crippen LogP contribution in [0, 0.1) is 16.0 Å². The van der Waals surface area contributed by atoms with E-state index < -0.39 is 5.97 Å². The van der Waals surface area contributed by atoms with E-state index in [-0.39, 0.29) is 16.7 Å². The molecule has 9 heteroatoms. The summed E-state index contributed by atoms with van der Waals surface area (Å²) < 4.78 is 13.3. The van der Waals surface area contributed by atoms with Crippen LogP contribution in [0.2, 0.25) is 0 Å². The van der Waals surface area contributed by atoms with Crippen molar-refractivity contribution in [3.8, 4) is 5.75 Å². The fourth-order valence-corrected chi connectivity index (χ4v) is 5.30. The third-order valence-electron chi connectivity index (χ3n) is 7.45. The smallest absolute Gasteiger partial charge is 0.332 e. The number of hydrogen-bond donors (Lipinski definition) is 0. The second-order valence-corrected chi connectivity index (χ2v) is 10.6. The highest BCUT2D eigenvalue weighted by molar-refractivity contribution is 6.17. The number of carbonyl (C=O) groups is 1. The molecular formula is C33H39N3O6. The zero-order chi connectivity index (χ0) is 30.2. The first-order chi connectivity index (χ1) is 20.2.